The zero-order chi connectivity index (χ0) is 14.3. The van der Waals surface area contributed by atoms with Crippen LogP contribution in [0.15, 0.2) is 0 Å². The van der Waals surface area contributed by atoms with Crippen molar-refractivity contribution in [2.75, 3.05) is 80.0 Å². The third-order valence-corrected chi connectivity index (χ3v) is 0. The van der Waals surface area contributed by atoms with Gasteiger partial charge in [-0.2, -0.15) is 0 Å². The van der Waals surface area contributed by atoms with Gasteiger partial charge in [-0.1, -0.05) is 0 Å². The van der Waals surface area contributed by atoms with Crippen LogP contribution in [0.4, 0.5) is 0 Å². The van der Waals surface area contributed by atoms with E-state index in [1.54, 1.807) is 0 Å². The molecule has 0 fully saturated rings. The van der Waals surface area contributed by atoms with Crippen LogP contribution in [0.1, 0.15) is 0 Å². The van der Waals surface area contributed by atoms with E-state index in [4.69, 9.17) is 0 Å². The van der Waals surface area contributed by atoms with E-state index in [1.807, 2.05) is 0 Å². The summed E-state index contributed by atoms with van der Waals surface area (Å²) in [6.45, 7) is 27.0. The molecule has 0 heterocycles. The topological polar surface area (TPSA) is 0 Å². The van der Waals surface area contributed by atoms with Gasteiger partial charge in [0, 0.05) is 60.1 Å². The van der Waals surface area contributed by atoms with Gasteiger partial charge < -0.3 is 49.6 Å². The Kier molecular flexibility index (Phi) is 133. The second kappa shape index (κ2) is 49.5. The quantitative estimate of drug-likeness (QED) is 0.231. The predicted octanol–water partition coefficient (Wildman–Crippen LogP) is -7.09. The minimum atomic E-state index is 0. The summed E-state index contributed by atoms with van der Waals surface area (Å²) in [6, 6.07) is 0. The molecule has 145 valence electrons. The van der Waals surface area contributed by atoms with Gasteiger partial charge in [0.25, 0.3) is 0 Å². The molecule has 1 radical (unpaired) electrons. The van der Waals surface area contributed by atoms with Gasteiger partial charge in [0.2, 0.25) is 0 Å². The molecule has 0 unspecified atom stereocenters. The maximum absolute atomic E-state index is 2.27. The van der Waals surface area contributed by atoms with Crippen molar-refractivity contribution in [2.24, 2.45) is 0 Å². The van der Waals surface area contributed by atoms with Crippen molar-refractivity contribution in [1.82, 2.24) is 0 Å². The predicted molar refractivity (Wildman–Crippen MR) is 102 cm³/mol. The molecule has 0 amide bonds. The number of hydrogen-bond acceptors (Lipinski definition) is 0. The van der Waals surface area contributed by atoms with Crippen molar-refractivity contribution in [3.63, 3.8) is 0 Å². The molecule has 0 aromatic carbocycles. The normalized spacial score (nSPS) is 6.86. The van der Waals surface area contributed by atoms with E-state index in [0.717, 1.165) is 0 Å². The fourth-order valence-corrected chi connectivity index (χ4v) is 0. The van der Waals surface area contributed by atoms with E-state index in [1.165, 1.54) is 0 Å². The van der Waals surface area contributed by atoms with E-state index in [9.17, 15) is 0 Å². The summed E-state index contributed by atoms with van der Waals surface area (Å²) in [5.41, 5.74) is 0. The molecule has 0 N–H and O–H groups in total. The van der Waals surface area contributed by atoms with Crippen LogP contribution in [-0.4, -0.2) is 80.0 Å². The molecule has 21 heavy (non-hydrogen) atoms. The number of hydrogen-bond donors (Lipinski definition) is 0. The SMILES string of the molecule is CP(C)C.CP(C)C.C[PH+](C)C.C[PH+](C)C.[Cl-].[Cl-].[Cl-].[Cl-].[Ir]. The van der Waals surface area contributed by atoms with Gasteiger partial charge >= 0.3 is 0 Å². The molecule has 0 spiro atoms. The summed E-state index contributed by atoms with van der Waals surface area (Å²) >= 11 is 0. The number of rotatable bonds is 0. The minimum Gasteiger partial charge on any atom is -1.00 e. The molecule has 0 bridgehead atoms. The van der Waals surface area contributed by atoms with Gasteiger partial charge in [0.05, 0.1) is 0 Å². The van der Waals surface area contributed by atoms with E-state index in [0.29, 0.717) is 15.8 Å². The molecule has 0 aliphatic rings. The molecule has 0 atom stereocenters. The summed E-state index contributed by atoms with van der Waals surface area (Å²) in [4.78, 5) is 0. The third kappa shape index (κ3) is 876. The second-order valence-corrected chi connectivity index (χ2v) is 17.0. The van der Waals surface area contributed by atoms with Crippen molar-refractivity contribution in [1.29, 1.82) is 0 Å². The summed E-state index contributed by atoms with van der Waals surface area (Å²) in [7, 11) is 1.00. The first-order valence-electron chi connectivity index (χ1n) is 5.68. The van der Waals surface area contributed by atoms with Crippen molar-refractivity contribution < 1.29 is 69.7 Å². The zero-order valence-corrected chi connectivity index (χ0v) is 24.9. The van der Waals surface area contributed by atoms with Crippen molar-refractivity contribution in [3.05, 3.63) is 0 Å². The van der Waals surface area contributed by atoms with Gasteiger partial charge in [0.1, 0.15) is 0 Å². The first-order valence-corrected chi connectivity index (χ1v) is 17.0. The van der Waals surface area contributed by atoms with Crippen LogP contribution in [0.5, 0.6) is 0 Å². The van der Waals surface area contributed by atoms with E-state index in [-0.39, 0.29) is 85.6 Å². The smallest absolute Gasteiger partial charge is 0.0461 e. The maximum atomic E-state index is 2.27. The average Bonchev–Trinajstić information content (AvgIpc) is 1.76. The minimum absolute atomic E-state index is 0. The second-order valence-electron chi connectivity index (χ2n) is 5.68. The Labute approximate surface area is 180 Å². The van der Waals surface area contributed by atoms with Crippen LogP contribution < -0.4 is 49.6 Å². The Morgan fingerprint density at radius 3 is 0.429 bits per heavy atom. The Morgan fingerprint density at radius 2 is 0.429 bits per heavy atom. The molecule has 0 aliphatic carbocycles. The Bertz CT molecular complexity index is 76.2. The van der Waals surface area contributed by atoms with Gasteiger partial charge in [-0.25, -0.2) is 0 Å². The molecule has 0 aromatic heterocycles. The molecular formula is C12H38Cl4IrP4-2. The molecule has 0 saturated carbocycles. The van der Waals surface area contributed by atoms with Gasteiger partial charge in [-0.3, -0.25) is 0 Å². The fraction of sp³-hybridized carbons (Fsp3) is 1.00. The molecule has 0 rings (SSSR count). The monoisotopic (exact) mass is 639 g/mol. The first-order chi connectivity index (χ1) is 6.93. The molecule has 9 heteroatoms. The van der Waals surface area contributed by atoms with Crippen molar-refractivity contribution in [2.45, 2.75) is 0 Å². The standard InChI is InChI=1S/4C3H9P.4ClH.Ir/c4*1-4(2)3;;;;;/h4*1-3H3;4*1H;/p-2. The van der Waals surface area contributed by atoms with Gasteiger partial charge in [0.15, 0.2) is 0 Å². The Hall–Kier alpha value is 3.53. The van der Waals surface area contributed by atoms with Crippen molar-refractivity contribution in [3.8, 4) is 0 Å². The summed E-state index contributed by atoms with van der Waals surface area (Å²) < 4.78 is 0. The average molecular weight is 640 g/mol. The van der Waals surface area contributed by atoms with E-state index < -0.39 is 0 Å². The van der Waals surface area contributed by atoms with Crippen LogP contribution >= 0.6 is 31.7 Å². The van der Waals surface area contributed by atoms with E-state index >= 15 is 0 Å². The Morgan fingerprint density at radius 1 is 0.429 bits per heavy atom. The fourth-order valence-electron chi connectivity index (χ4n) is 0. The van der Waals surface area contributed by atoms with Gasteiger partial charge in [-0.15, -0.1) is 15.8 Å². The van der Waals surface area contributed by atoms with E-state index in [2.05, 4.69) is 80.0 Å². The zero-order valence-electron chi connectivity index (χ0n) is 15.7. The summed E-state index contributed by atoms with van der Waals surface area (Å²) in [5.74, 6) is 0. The molecule has 0 aromatic rings. The Balaban J connectivity index is -0.0000000121. The van der Waals surface area contributed by atoms with Crippen LogP contribution in [0.3, 0.4) is 0 Å². The molecular weight excluding hydrogens is 602 g/mol. The van der Waals surface area contributed by atoms with Crippen LogP contribution in [0.25, 0.3) is 0 Å². The summed E-state index contributed by atoms with van der Waals surface area (Å²) in [6.07, 6.45) is 0. The summed E-state index contributed by atoms with van der Waals surface area (Å²) in [5, 5.41) is 0. The number of halogens is 4. The third-order valence-electron chi connectivity index (χ3n) is 0. The molecule has 0 nitrogen and oxygen atoms in total. The maximum Gasteiger partial charge on any atom is 0.0461 e. The molecule has 0 saturated heterocycles. The van der Waals surface area contributed by atoms with Crippen LogP contribution in [0, 0.1) is 0 Å². The van der Waals surface area contributed by atoms with Crippen LogP contribution in [0.2, 0.25) is 0 Å². The largest absolute Gasteiger partial charge is 1.00 e. The first kappa shape index (κ1) is 56.3. The van der Waals surface area contributed by atoms with Crippen molar-refractivity contribution >= 4 is 31.7 Å². The van der Waals surface area contributed by atoms with Gasteiger partial charge in [-0.05, 0) is 55.8 Å². The molecule has 0 aliphatic heterocycles. The van der Waals surface area contributed by atoms with Crippen LogP contribution in [-0.2, 0) is 20.1 Å².